The lowest BCUT2D eigenvalue weighted by atomic mass is 9.86. The van der Waals surface area contributed by atoms with E-state index >= 15 is 0 Å². The highest BCUT2D eigenvalue weighted by atomic mass is 15.2. The average molecular weight is 212 g/mol. The van der Waals surface area contributed by atoms with E-state index in [1.807, 2.05) is 0 Å². The maximum atomic E-state index is 3.68. The Bertz CT molecular complexity index is 199. The van der Waals surface area contributed by atoms with E-state index in [1.165, 1.54) is 12.8 Å². The molecule has 0 spiro atoms. The predicted molar refractivity (Wildman–Crippen MR) is 67.2 cm³/mol. The van der Waals surface area contributed by atoms with Crippen molar-refractivity contribution in [2.24, 2.45) is 5.41 Å². The van der Waals surface area contributed by atoms with Crippen LogP contribution in [0.15, 0.2) is 0 Å². The van der Waals surface area contributed by atoms with Crippen LogP contribution < -0.4 is 5.32 Å². The van der Waals surface area contributed by atoms with Gasteiger partial charge in [-0.15, -0.1) is 0 Å². The molecule has 2 atom stereocenters. The zero-order valence-electron chi connectivity index (χ0n) is 11.3. The number of hydrogen-bond donors (Lipinski definition) is 1. The molecule has 1 rings (SSSR count). The summed E-state index contributed by atoms with van der Waals surface area (Å²) in [5.74, 6) is 0. The summed E-state index contributed by atoms with van der Waals surface area (Å²) in [6.07, 6.45) is 2.67. The standard InChI is InChI=1S/C13H28N2/c1-7-14-12-11(15(6)10(2)3)8-9-13(12,4)5/h10-12,14H,7-9H2,1-6H3. The summed E-state index contributed by atoms with van der Waals surface area (Å²) in [5.41, 5.74) is 0.448. The van der Waals surface area contributed by atoms with Crippen LogP contribution in [0.4, 0.5) is 0 Å². The van der Waals surface area contributed by atoms with Crippen molar-refractivity contribution in [1.82, 2.24) is 10.2 Å². The van der Waals surface area contributed by atoms with Crippen molar-refractivity contribution in [3.05, 3.63) is 0 Å². The second kappa shape index (κ2) is 4.84. The molecule has 1 fully saturated rings. The van der Waals surface area contributed by atoms with Gasteiger partial charge in [0, 0.05) is 18.1 Å². The Labute approximate surface area is 95.4 Å². The smallest absolute Gasteiger partial charge is 0.0274 e. The van der Waals surface area contributed by atoms with Crippen LogP contribution in [-0.2, 0) is 0 Å². The van der Waals surface area contributed by atoms with Crippen LogP contribution >= 0.6 is 0 Å². The van der Waals surface area contributed by atoms with Gasteiger partial charge < -0.3 is 5.32 Å². The fourth-order valence-corrected chi connectivity index (χ4v) is 2.82. The Morgan fingerprint density at radius 3 is 2.47 bits per heavy atom. The SMILES string of the molecule is CCNC1C(N(C)C(C)C)CCC1(C)C. The van der Waals surface area contributed by atoms with Crippen molar-refractivity contribution < 1.29 is 0 Å². The number of nitrogens with zero attached hydrogens (tertiary/aromatic N) is 1. The summed E-state index contributed by atoms with van der Waals surface area (Å²) >= 11 is 0. The molecular formula is C13H28N2. The molecule has 0 heterocycles. The van der Waals surface area contributed by atoms with Gasteiger partial charge in [-0.2, -0.15) is 0 Å². The van der Waals surface area contributed by atoms with Crippen LogP contribution in [0.2, 0.25) is 0 Å². The molecule has 15 heavy (non-hydrogen) atoms. The quantitative estimate of drug-likeness (QED) is 0.770. The largest absolute Gasteiger partial charge is 0.312 e. The normalized spacial score (nSPS) is 30.4. The fraction of sp³-hybridized carbons (Fsp3) is 1.00. The minimum absolute atomic E-state index is 0.448. The van der Waals surface area contributed by atoms with Gasteiger partial charge in [0.1, 0.15) is 0 Å². The third-order valence-corrected chi connectivity index (χ3v) is 4.07. The van der Waals surface area contributed by atoms with E-state index in [2.05, 4.69) is 51.9 Å². The van der Waals surface area contributed by atoms with Gasteiger partial charge in [0.15, 0.2) is 0 Å². The van der Waals surface area contributed by atoms with E-state index in [0.29, 0.717) is 23.5 Å². The van der Waals surface area contributed by atoms with E-state index in [9.17, 15) is 0 Å². The average Bonchev–Trinajstić information content (AvgIpc) is 2.42. The highest BCUT2D eigenvalue weighted by molar-refractivity contribution is 5.00. The molecule has 0 aliphatic heterocycles. The summed E-state index contributed by atoms with van der Waals surface area (Å²) in [6, 6.07) is 2.00. The Morgan fingerprint density at radius 1 is 1.40 bits per heavy atom. The van der Waals surface area contributed by atoms with Gasteiger partial charge >= 0.3 is 0 Å². The van der Waals surface area contributed by atoms with E-state index in [-0.39, 0.29) is 0 Å². The Balaban J connectivity index is 2.73. The van der Waals surface area contributed by atoms with E-state index in [0.717, 1.165) is 6.54 Å². The zero-order chi connectivity index (χ0) is 11.6. The molecule has 1 aliphatic carbocycles. The second-order valence-corrected chi connectivity index (χ2v) is 5.89. The van der Waals surface area contributed by atoms with E-state index in [1.54, 1.807) is 0 Å². The molecule has 1 N–H and O–H groups in total. The van der Waals surface area contributed by atoms with Crippen molar-refractivity contribution >= 4 is 0 Å². The fourth-order valence-electron chi connectivity index (χ4n) is 2.82. The Hall–Kier alpha value is -0.0800. The maximum absolute atomic E-state index is 3.68. The van der Waals surface area contributed by atoms with Crippen LogP contribution in [0, 0.1) is 5.41 Å². The first kappa shape index (κ1) is 13.0. The zero-order valence-corrected chi connectivity index (χ0v) is 11.3. The van der Waals surface area contributed by atoms with Gasteiger partial charge in [-0.25, -0.2) is 0 Å². The molecule has 0 aromatic carbocycles. The van der Waals surface area contributed by atoms with Crippen molar-refractivity contribution in [2.45, 2.75) is 65.6 Å². The van der Waals surface area contributed by atoms with Gasteiger partial charge in [-0.3, -0.25) is 4.90 Å². The third kappa shape index (κ3) is 2.73. The molecule has 0 aromatic rings. The number of hydrogen-bond acceptors (Lipinski definition) is 2. The molecular weight excluding hydrogens is 184 g/mol. The molecule has 2 nitrogen and oxygen atoms in total. The lowest BCUT2D eigenvalue weighted by Crippen LogP contribution is -2.52. The molecule has 0 aromatic heterocycles. The summed E-state index contributed by atoms with van der Waals surface area (Å²) < 4.78 is 0. The Kier molecular flexibility index (Phi) is 4.19. The lowest BCUT2D eigenvalue weighted by molar-refractivity contribution is 0.144. The van der Waals surface area contributed by atoms with Crippen LogP contribution in [0.3, 0.4) is 0 Å². The topological polar surface area (TPSA) is 15.3 Å². The first-order valence-corrected chi connectivity index (χ1v) is 6.35. The van der Waals surface area contributed by atoms with Gasteiger partial charge in [0.2, 0.25) is 0 Å². The van der Waals surface area contributed by atoms with Crippen molar-refractivity contribution in [2.75, 3.05) is 13.6 Å². The second-order valence-electron chi connectivity index (χ2n) is 5.89. The molecule has 0 bridgehead atoms. The van der Waals surface area contributed by atoms with Gasteiger partial charge in [-0.05, 0) is 45.7 Å². The summed E-state index contributed by atoms with van der Waals surface area (Å²) in [4.78, 5) is 2.53. The monoisotopic (exact) mass is 212 g/mol. The first-order chi connectivity index (χ1) is 6.90. The van der Waals surface area contributed by atoms with Crippen molar-refractivity contribution in [3.63, 3.8) is 0 Å². The highest BCUT2D eigenvalue weighted by Gasteiger charge is 2.43. The number of rotatable bonds is 4. The van der Waals surface area contributed by atoms with Gasteiger partial charge in [0.25, 0.3) is 0 Å². The minimum Gasteiger partial charge on any atom is -0.312 e. The molecule has 1 aliphatic rings. The molecule has 2 unspecified atom stereocenters. The minimum atomic E-state index is 0.448. The molecule has 0 radical (unpaired) electrons. The molecule has 90 valence electrons. The third-order valence-electron chi connectivity index (χ3n) is 4.07. The molecule has 0 saturated heterocycles. The highest BCUT2D eigenvalue weighted by Crippen LogP contribution is 2.39. The first-order valence-electron chi connectivity index (χ1n) is 6.35. The number of likely N-dealkylation sites (N-methyl/N-ethyl adjacent to an activating group) is 2. The van der Waals surface area contributed by atoms with E-state index in [4.69, 9.17) is 0 Å². The summed E-state index contributed by atoms with van der Waals surface area (Å²) in [5, 5.41) is 3.68. The summed E-state index contributed by atoms with van der Waals surface area (Å²) in [6.45, 7) is 12.7. The van der Waals surface area contributed by atoms with Crippen LogP contribution in [0.5, 0.6) is 0 Å². The van der Waals surface area contributed by atoms with E-state index < -0.39 is 0 Å². The van der Waals surface area contributed by atoms with Gasteiger partial charge in [0.05, 0.1) is 0 Å². The lowest BCUT2D eigenvalue weighted by Gasteiger charge is -2.37. The van der Waals surface area contributed by atoms with Crippen molar-refractivity contribution in [3.8, 4) is 0 Å². The van der Waals surface area contributed by atoms with Gasteiger partial charge in [-0.1, -0.05) is 20.8 Å². The molecule has 2 heteroatoms. The Morgan fingerprint density at radius 2 is 2.00 bits per heavy atom. The van der Waals surface area contributed by atoms with Crippen LogP contribution in [0.25, 0.3) is 0 Å². The number of nitrogens with one attached hydrogen (secondary N) is 1. The molecule has 0 amide bonds. The maximum Gasteiger partial charge on any atom is 0.0274 e. The van der Waals surface area contributed by atoms with Crippen LogP contribution in [0.1, 0.15) is 47.5 Å². The molecule has 1 saturated carbocycles. The van der Waals surface area contributed by atoms with Crippen LogP contribution in [-0.4, -0.2) is 36.6 Å². The van der Waals surface area contributed by atoms with Crippen molar-refractivity contribution in [1.29, 1.82) is 0 Å². The predicted octanol–water partition coefficient (Wildman–Crippen LogP) is 2.49. The summed E-state index contributed by atoms with van der Waals surface area (Å²) in [7, 11) is 2.26.